The van der Waals surface area contributed by atoms with Crippen LogP contribution < -0.4 is 10.6 Å². The van der Waals surface area contributed by atoms with Gasteiger partial charge in [-0.1, -0.05) is 25.0 Å². The van der Waals surface area contributed by atoms with E-state index >= 15 is 0 Å². The van der Waals surface area contributed by atoms with Crippen molar-refractivity contribution in [2.45, 2.75) is 49.5 Å². The molecule has 1 heterocycles. The van der Waals surface area contributed by atoms with Crippen molar-refractivity contribution in [1.29, 1.82) is 0 Å². The minimum absolute atomic E-state index is 0. The third-order valence-corrected chi connectivity index (χ3v) is 6.09. The minimum atomic E-state index is 0. The van der Waals surface area contributed by atoms with Crippen LogP contribution in [0.1, 0.15) is 44.1 Å². The molecule has 3 nitrogen and oxygen atoms in total. The predicted molar refractivity (Wildman–Crippen MR) is 101 cm³/mol. The van der Waals surface area contributed by atoms with Gasteiger partial charge in [0.05, 0.1) is 5.92 Å². The van der Waals surface area contributed by atoms with Gasteiger partial charge in [-0.05, 0) is 49.9 Å². The van der Waals surface area contributed by atoms with Gasteiger partial charge in [0.2, 0.25) is 5.91 Å². The summed E-state index contributed by atoms with van der Waals surface area (Å²) in [5.41, 5.74) is 2.26. The Morgan fingerprint density at radius 1 is 1.22 bits per heavy atom. The number of amides is 1. The molecule has 2 aliphatic rings. The summed E-state index contributed by atoms with van der Waals surface area (Å²) in [6.45, 7) is 1.85. The highest BCUT2D eigenvalue weighted by Crippen LogP contribution is 2.32. The Bertz CT molecular complexity index is 500. The maximum Gasteiger partial charge on any atom is 0.228 e. The van der Waals surface area contributed by atoms with E-state index in [9.17, 15) is 4.79 Å². The van der Waals surface area contributed by atoms with E-state index in [4.69, 9.17) is 0 Å². The number of halogens is 1. The highest BCUT2D eigenvalue weighted by atomic mass is 35.5. The van der Waals surface area contributed by atoms with E-state index in [1.807, 2.05) is 6.07 Å². The summed E-state index contributed by atoms with van der Waals surface area (Å²) in [7, 11) is 0. The van der Waals surface area contributed by atoms with E-state index in [2.05, 4.69) is 40.6 Å². The first-order valence-corrected chi connectivity index (χ1v) is 9.58. The predicted octanol–water partition coefficient (Wildman–Crippen LogP) is 4.22. The first-order chi connectivity index (χ1) is 10.8. The van der Waals surface area contributed by atoms with Crippen LogP contribution in [0.3, 0.4) is 0 Å². The van der Waals surface area contributed by atoms with Gasteiger partial charge in [-0.3, -0.25) is 4.79 Å². The molecule has 2 fully saturated rings. The molecule has 1 unspecified atom stereocenters. The average Bonchev–Trinajstić information content (AvgIpc) is 3.08. The monoisotopic (exact) mass is 354 g/mol. The second kappa shape index (κ2) is 9.55. The van der Waals surface area contributed by atoms with Crippen molar-refractivity contribution < 1.29 is 4.79 Å². The molecule has 3 rings (SSSR count). The summed E-state index contributed by atoms with van der Waals surface area (Å²) in [5.74, 6) is 1.33. The third-order valence-electron chi connectivity index (χ3n) is 4.65. The lowest BCUT2D eigenvalue weighted by Gasteiger charge is -2.22. The van der Waals surface area contributed by atoms with Crippen molar-refractivity contribution in [2.75, 3.05) is 18.4 Å². The maximum absolute atomic E-state index is 12.3. The number of hydrogen-bond acceptors (Lipinski definition) is 3. The standard InChI is InChI=1S/C18H26N2OS.ClH/c21-18(15-6-4-10-19-12-15)20-16-7-3-5-14(11-16)13-22-17-8-1-2-9-17;/h3,5,7,11,15,17,19H,1-2,4,6,8-10,12-13H2,(H,20,21);1H. The van der Waals surface area contributed by atoms with Gasteiger partial charge in [0, 0.05) is 23.2 Å². The zero-order valence-corrected chi connectivity index (χ0v) is 15.2. The summed E-state index contributed by atoms with van der Waals surface area (Å²) in [6.07, 6.45) is 7.62. The molecule has 1 saturated carbocycles. The molecule has 23 heavy (non-hydrogen) atoms. The number of benzene rings is 1. The van der Waals surface area contributed by atoms with Gasteiger partial charge < -0.3 is 10.6 Å². The fourth-order valence-corrected chi connectivity index (χ4v) is 4.60. The van der Waals surface area contributed by atoms with Crippen LogP contribution in [0.2, 0.25) is 0 Å². The highest BCUT2D eigenvalue weighted by molar-refractivity contribution is 7.99. The molecule has 1 aliphatic heterocycles. The Morgan fingerprint density at radius 2 is 2.04 bits per heavy atom. The van der Waals surface area contributed by atoms with Gasteiger partial charge in [-0.15, -0.1) is 12.4 Å². The van der Waals surface area contributed by atoms with Crippen molar-refractivity contribution in [3.63, 3.8) is 0 Å². The SMILES string of the molecule is Cl.O=C(Nc1cccc(CSC2CCCC2)c1)C1CCCNC1. The molecule has 1 atom stereocenters. The Balaban J connectivity index is 0.00000192. The van der Waals surface area contributed by atoms with E-state index in [0.717, 1.165) is 42.6 Å². The van der Waals surface area contributed by atoms with E-state index < -0.39 is 0 Å². The Kier molecular flexibility index (Phi) is 7.74. The fourth-order valence-electron chi connectivity index (χ4n) is 3.33. The second-order valence-electron chi connectivity index (χ2n) is 6.45. The van der Waals surface area contributed by atoms with Gasteiger partial charge >= 0.3 is 0 Å². The third kappa shape index (κ3) is 5.70. The zero-order chi connectivity index (χ0) is 15.2. The number of hydrogen-bond donors (Lipinski definition) is 2. The molecule has 5 heteroatoms. The van der Waals surface area contributed by atoms with Crippen molar-refractivity contribution in [2.24, 2.45) is 5.92 Å². The number of anilines is 1. The van der Waals surface area contributed by atoms with Crippen LogP contribution in [0, 0.1) is 5.92 Å². The molecule has 0 bridgehead atoms. The van der Waals surface area contributed by atoms with Crippen LogP contribution in [0.15, 0.2) is 24.3 Å². The smallest absolute Gasteiger partial charge is 0.228 e. The summed E-state index contributed by atoms with van der Waals surface area (Å²) in [4.78, 5) is 12.3. The molecule has 128 valence electrons. The lowest BCUT2D eigenvalue weighted by Crippen LogP contribution is -2.37. The summed E-state index contributed by atoms with van der Waals surface area (Å²) >= 11 is 2.07. The topological polar surface area (TPSA) is 41.1 Å². The second-order valence-corrected chi connectivity index (χ2v) is 7.74. The van der Waals surface area contributed by atoms with Crippen molar-refractivity contribution in [3.8, 4) is 0 Å². The first kappa shape index (κ1) is 18.6. The van der Waals surface area contributed by atoms with E-state index in [-0.39, 0.29) is 24.2 Å². The van der Waals surface area contributed by atoms with Crippen molar-refractivity contribution in [3.05, 3.63) is 29.8 Å². The maximum atomic E-state index is 12.3. The molecule has 1 aromatic rings. The van der Waals surface area contributed by atoms with Crippen LogP contribution in [0.5, 0.6) is 0 Å². The summed E-state index contributed by atoms with van der Waals surface area (Å²) in [6, 6.07) is 8.35. The highest BCUT2D eigenvalue weighted by Gasteiger charge is 2.21. The van der Waals surface area contributed by atoms with Crippen LogP contribution in [-0.4, -0.2) is 24.2 Å². The summed E-state index contributed by atoms with van der Waals surface area (Å²) < 4.78 is 0. The molecule has 1 saturated heterocycles. The van der Waals surface area contributed by atoms with E-state index in [0.29, 0.717) is 0 Å². The molecule has 0 aromatic heterocycles. The molecule has 2 N–H and O–H groups in total. The average molecular weight is 355 g/mol. The quantitative estimate of drug-likeness (QED) is 0.831. The fraction of sp³-hybridized carbons (Fsp3) is 0.611. The molecule has 1 aromatic carbocycles. The van der Waals surface area contributed by atoms with Crippen LogP contribution in [-0.2, 0) is 10.5 Å². The van der Waals surface area contributed by atoms with Gasteiger partial charge in [0.15, 0.2) is 0 Å². The van der Waals surface area contributed by atoms with Crippen molar-refractivity contribution >= 4 is 35.8 Å². The normalized spacial score (nSPS) is 21.7. The Hall–Kier alpha value is -0.710. The van der Waals surface area contributed by atoms with Crippen LogP contribution in [0.4, 0.5) is 5.69 Å². The molecule has 1 aliphatic carbocycles. The van der Waals surface area contributed by atoms with Crippen molar-refractivity contribution in [1.82, 2.24) is 5.32 Å². The van der Waals surface area contributed by atoms with Gasteiger partial charge in [-0.25, -0.2) is 0 Å². The Morgan fingerprint density at radius 3 is 2.78 bits per heavy atom. The Labute approximate surface area is 149 Å². The first-order valence-electron chi connectivity index (χ1n) is 8.53. The van der Waals surface area contributed by atoms with Crippen LogP contribution >= 0.6 is 24.2 Å². The number of nitrogens with one attached hydrogen (secondary N) is 2. The largest absolute Gasteiger partial charge is 0.326 e. The number of thioether (sulfide) groups is 1. The van der Waals surface area contributed by atoms with Crippen LogP contribution in [0.25, 0.3) is 0 Å². The molecule has 0 radical (unpaired) electrons. The van der Waals surface area contributed by atoms with Gasteiger partial charge in [0.1, 0.15) is 0 Å². The lowest BCUT2D eigenvalue weighted by atomic mass is 9.99. The number of carbonyl (C=O) groups excluding carboxylic acids is 1. The number of piperidine rings is 1. The number of carbonyl (C=O) groups is 1. The molecular weight excluding hydrogens is 328 g/mol. The van der Waals surface area contributed by atoms with E-state index in [1.54, 1.807) is 0 Å². The van der Waals surface area contributed by atoms with Gasteiger partial charge in [0.25, 0.3) is 0 Å². The molecule has 1 amide bonds. The zero-order valence-electron chi connectivity index (χ0n) is 13.6. The molecular formula is C18H27ClN2OS. The van der Waals surface area contributed by atoms with Gasteiger partial charge in [-0.2, -0.15) is 11.8 Å². The van der Waals surface area contributed by atoms with E-state index in [1.165, 1.54) is 31.2 Å². The molecule has 0 spiro atoms. The summed E-state index contributed by atoms with van der Waals surface area (Å²) in [5, 5.41) is 7.23. The number of rotatable bonds is 5. The lowest BCUT2D eigenvalue weighted by molar-refractivity contribution is -0.120. The minimum Gasteiger partial charge on any atom is -0.326 e.